The van der Waals surface area contributed by atoms with Gasteiger partial charge in [0.05, 0.1) is 11.0 Å². The molecule has 0 bridgehead atoms. The second-order valence-corrected chi connectivity index (χ2v) is 14.1. The number of benzene rings is 9. The van der Waals surface area contributed by atoms with Gasteiger partial charge >= 0.3 is 0 Å². The molecule has 4 heteroatoms. The predicted octanol–water partition coefficient (Wildman–Crippen LogP) is 13.1. The Balaban J connectivity index is 1.03. The summed E-state index contributed by atoms with van der Waals surface area (Å²) < 4.78 is 2.39. The maximum atomic E-state index is 5.08. The number of fused-ring (bicyclic) bond motifs is 6. The normalized spacial score (nSPS) is 11.6. The summed E-state index contributed by atoms with van der Waals surface area (Å²) in [6.07, 6.45) is 0. The van der Waals surface area contributed by atoms with Crippen LogP contribution >= 0.6 is 0 Å². The van der Waals surface area contributed by atoms with Gasteiger partial charge in [-0.1, -0.05) is 146 Å². The first-order valence-electron chi connectivity index (χ1n) is 18.6. The second kappa shape index (κ2) is 12.6. The molecule has 2 heterocycles. The molecule has 4 nitrogen and oxygen atoms in total. The van der Waals surface area contributed by atoms with Crippen molar-refractivity contribution in [3.63, 3.8) is 0 Å². The Bertz CT molecular complexity index is 3140. The maximum absolute atomic E-state index is 5.08. The minimum atomic E-state index is 0.632. The summed E-state index contributed by atoms with van der Waals surface area (Å²) in [5.74, 6) is 1.91. The van der Waals surface area contributed by atoms with Crippen LogP contribution in [0, 0.1) is 0 Å². The number of rotatable bonds is 5. The molecule has 11 rings (SSSR count). The van der Waals surface area contributed by atoms with E-state index in [0.717, 1.165) is 27.9 Å². The van der Waals surface area contributed by atoms with Crippen molar-refractivity contribution in [3.8, 4) is 51.0 Å². The number of hydrogen-bond donors (Lipinski definition) is 0. The third-order valence-electron chi connectivity index (χ3n) is 10.8. The standard InChI is InChI=1S/C51H32N4/c1-2-12-35(13-3-1)49-52-50(36-23-21-34(22-24-36)44-20-10-18-33-11-8-9-19-43(33)44)54-51(53-49)37-25-27-42(28-26-37)55-47-31-40-16-6-4-14-38(40)29-45(47)46-30-39-15-5-7-17-41(39)32-48(46)55/h1-32H. The first-order valence-corrected chi connectivity index (χ1v) is 18.6. The van der Waals surface area contributed by atoms with Crippen molar-refractivity contribution in [1.82, 2.24) is 19.5 Å². The molecule has 0 aliphatic heterocycles. The molecule has 0 atom stereocenters. The van der Waals surface area contributed by atoms with E-state index in [4.69, 9.17) is 15.0 Å². The minimum Gasteiger partial charge on any atom is -0.309 e. The van der Waals surface area contributed by atoms with Crippen LogP contribution in [-0.2, 0) is 0 Å². The van der Waals surface area contributed by atoms with Crippen LogP contribution in [0.2, 0.25) is 0 Å². The Morgan fingerprint density at radius 1 is 0.291 bits per heavy atom. The lowest BCUT2D eigenvalue weighted by Gasteiger charge is -2.12. The number of aromatic nitrogens is 4. The molecule has 0 radical (unpaired) electrons. The van der Waals surface area contributed by atoms with Gasteiger partial charge in [-0.2, -0.15) is 0 Å². The van der Waals surface area contributed by atoms with Gasteiger partial charge in [-0.3, -0.25) is 0 Å². The SMILES string of the molecule is c1ccc(-c2nc(-c3ccc(-c4cccc5ccccc45)cc3)nc(-c3ccc(-n4c5cc6ccccc6cc5c5cc6ccccc6cc54)cc3)n2)cc1. The van der Waals surface area contributed by atoms with Crippen molar-refractivity contribution < 1.29 is 0 Å². The van der Waals surface area contributed by atoms with Crippen molar-refractivity contribution in [3.05, 3.63) is 194 Å². The molecule has 0 aliphatic carbocycles. The van der Waals surface area contributed by atoms with E-state index >= 15 is 0 Å². The second-order valence-electron chi connectivity index (χ2n) is 14.1. The molecule has 55 heavy (non-hydrogen) atoms. The van der Waals surface area contributed by atoms with Gasteiger partial charge in [0.1, 0.15) is 0 Å². The fraction of sp³-hybridized carbons (Fsp3) is 0. The predicted molar refractivity (Wildman–Crippen MR) is 228 cm³/mol. The summed E-state index contributed by atoms with van der Waals surface area (Å²) in [4.78, 5) is 15.1. The average molecular weight is 701 g/mol. The molecule has 0 unspecified atom stereocenters. The van der Waals surface area contributed by atoms with Crippen LogP contribution in [0.4, 0.5) is 0 Å². The summed E-state index contributed by atoms with van der Waals surface area (Å²) in [5, 5.41) is 9.85. The van der Waals surface area contributed by atoms with Crippen molar-refractivity contribution in [1.29, 1.82) is 0 Å². The van der Waals surface area contributed by atoms with Gasteiger partial charge in [0.15, 0.2) is 17.5 Å². The highest BCUT2D eigenvalue weighted by Crippen LogP contribution is 2.38. The Labute approximate surface area is 317 Å². The lowest BCUT2D eigenvalue weighted by molar-refractivity contribution is 1.07. The van der Waals surface area contributed by atoms with Crippen molar-refractivity contribution in [2.45, 2.75) is 0 Å². The molecule has 0 saturated heterocycles. The average Bonchev–Trinajstić information content (AvgIpc) is 3.56. The first kappa shape index (κ1) is 31.1. The Kier molecular flexibility index (Phi) is 7.14. The van der Waals surface area contributed by atoms with Gasteiger partial charge in [-0.15, -0.1) is 0 Å². The fourth-order valence-electron chi connectivity index (χ4n) is 8.05. The number of nitrogens with zero attached hydrogens (tertiary/aromatic N) is 4. The highest BCUT2D eigenvalue weighted by molar-refractivity contribution is 6.16. The fourth-order valence-corrected chi connectivity index (χ4v) is 8.05. The molecule has 0 aliphatic rings. The zero-order chi connectivity index (χ0) is 36.3. The molecule has 2 aromatic heterocycles. The minimum absolute atomic E-state index is 0.632. The molecule has 9 aromatic carbocycles. The van der Waals surface area contributed by atoms with Crippen LogP contribution in [0.1, 0.15) is 0 Å². The maximum Gasteiger partial charge on any atom is 0.164 e. The van der Waals surface area contributed by atoms with Crippen LogP contribution in [-0.4, -0.2) is 19.5 Å². The monoisotopic (exact) mass is 700 g/mol. The van der Waals surface area contributed by atoms with E-state index in [-0.39, 0.29) is 0 Å². The van der Waals surface area contributed by atoms with Gasteiger partial charge in [0.2, 0.25) is 0 Å². The molecule has 0 N–H and O–H groups in total. The van der Waals surface area contributed by atoms with E-state index < -0.39 is 0 Å². The van der Waals surface area contributed by atoms with Crippen LogP contribution in [0.3, 0.4) is 0 Å². The van der Waals surface area contributed by atoms with Crippen LogP contribution in [0.25, 0.3) is 105 Å². The molecule has 0 fully saturated rings. The highest BCUT2D eigenvalue weighted by atomic mass is 15.0. The van der Waals surface area contributed by atoms with Crippen LogP contribution in [0.5, 0.6) is 0 Å². The quantitative estimate of drug-likeness (QED) is 0.179. The zero-order valence-electron chi connectivity index (χ0n) is 29.8. The molecular formula is C51H32N4. The van der Waals surface area contributed by atoms with Crippen molar-refractivity contribution in [2.24, 2.45) is 0 Å². The summed E-state index contributed by atoms with van der Waals surface area (Å²) in [6.45, 7) is 0. The van der Waals surface area contributed by atoms with E-state index in [1.807, 2.05) is 30.3 Å². The lowest BCUT2D eigenvalue weighted by Crippen LogP contribution is -2.00. The van der Waals surface area contributed by atoms with Crippen molar-refractivity contribution in [2.75, 3.05) is 0 Å². The molecule has 256 valence electrons. The smallest absolute Gasteiger partial charge is 0.164 e. The van der Waals surface area contributed by atoms with E-state index in [0.29, 0.717) is 17.5 Å². The van der Waals surface area contributed by atoms with Gasteiger partial charge in [-0.05, 0) is 92.0 Å². The molecule has 0 saturated carbocycles. The van der Waals surface area contributed by atoms with Gasteiger partial charge in [0.25, 0.3) is 0 Å². The molecular weight excluding hydrogens is 669 g/mol. The summed E-state index contributed by atoms with van der Waals surface area (Å²) >= 11 is 0. The Morgan fingerprint density at radius 2 is 0.709 bits per heavy atom. The summed E-state index contributed by atoms with van der Waals surface area (Å²) in [5.41, 5.74) is 8.60. The third-order valence-corrected chi connectivity index (χ3v) is 10.8. The van der Waals surface area contributed by atoms with E-state index in [1.54, 1.807) is 0 Å². The van der Waals surface area contributed by atoms with Gasteiger partial charge < -0.3 is 4.57 Å². The lowest BCUT2D eigenvalue weighted by atomic mass is 9.97. The molecule has 0 spiro atoms. The first-order chi connectivity index (χ1) is 27.2. The van der Waals surface area contributed by atoms with E-state index in [1.165, 1.54) is 59.7 Å². The third kappa shape index (κ3) is 5.34. The van der Waals surface area contributed by atoms with Gasteiger partial charge in [-0.25, -0.2) is 15.0 Å². The van der Waals surface area contributed by atoms with E-state index in [9.17, 15) is 0 Å². The zero-order valence-corrected chi connectivity index (χ0v) is 29.8. The topological polar surface area (TPSA) is 43.6 Å². The van der Waals surface area contributed by atoms with Crippen molar-refractivity contribution >= 4 is 54.1 Å². The Morgan fingerprint density at radius 3 is 1.27 bits per heavy atom. The van der Waals surface area contributed by atoms with Crippen LogP contribution < -0.4 is 0 Å². The van der Waals surface area contributed by atoms with Gasteiger partial charge in [0, 0.05) is 33.2 Å². The van der Waals surface area contributed by atoms with Crippen LogP contribution in [0.15, 0.2) is 194 Å². The highest BCUT2D eigenvalue weighted by Gasteiger charge is 2.17. The summed E-state index contributed by atoms with van der Waals surface area (Å²) in [7, 11) is 0. The summed E-state index contributed by atoms with van der Waals surface area (Å²) in [6, 6.07) is 68.8. The Hall–Kier alpha value is -7.43. The largest absolute Gasteiger partial charge is 0.309 e. The molecule has 11 aromatic rings. The number of hydrogen-bond acceptors (Lipinski definition) is 3. The molecule has 0 amide bonds. The van der Waals surface area contributed by atoms with E-state index in [2.05, 4.69) is 168 Å².